The summed E-state index contributed by atoms with van der Waals surface area (Å²) < 4.78 is 60.6. The number of anilines is 1. The van der Waals surface area contributed by atoms with Crippen molar-refractivity contribution in [2.45, 2.75) is 51.7 Å². The van der Waals surface area contributed by atoms with E-state index in [-0.39, 0.29) is 49.2 Å². The number of hydrogen-bond donors (Lipinski definition) is 1. The van der Waals surface area contributed by atoms with Gasteiger partial charge in [-0.2, -0.15) is 21.3 Å². The minimum atomic E-state index is -3.99. The van der Waals surface area contributed by atoms with Crippen LogP contribution in [0.5, 0.6) is 0 Å². The molecule has 0 unspecified atom stereocenters. The van der Waals surface area contributed by atoms with Crippen molar-refractivity contribution in [3.8, 4) is 0 Å². The summed E-state index contributed by atoms with van der Waals surface area (Å²) in [5.41, 5.74) is 5.83. The summed E-state index contributed by atoms with van der Waals surface area (Å²) >= 11 is 0. The lowest BCUT2D eigenvalue weighted by Crippen LogP contribution is -2.68. The molecule has 0 bridgehead atoms. The lowest BCUT2D eigenvalue weighted by molar-refractivity contribution is -0.790. The number of piperazine rings is 1. The second kappa shape index (κ2) is 8.71. The number of nitrogen functional groups attached to an aromatic ring is 1. The van der Waals surface area contributed by atoms with Gasteiger partial charge in [0.2, 0.25) is 5.27 Å². The Balaban J connectivity index is 2.32. The Hall–Kier alpha value is -1.48. The maximum absolute atomic E-state index is 13.3. The van der Waals surface area contributed by atoms with Crippen LogP contribution in [0.4, 0.5) is 5.88 Å². The van der Waals surface area contributed by atoms with Gasteiger partial charge in [0.15, 0.2) is 0 Å². The number of aromatic nitrogens is 2. The third-order valence-electron chi connectivity index (χ3n) is 4.80. The Morgan fingerprint density at radius 3 is 2.07 bits per heavy atom. The van der Waals surface area contributed by atoms with Crippen LogP contribution in [0.2, 0.25) is 0 Å². The van der Waals surface area contributed by atoms with Gasteiger partial charge < -0.3 is 5.73 Å². The molecule has 0 radical (unpaired) electrons. The first-order valence-corrected chi connectivity index (χ1v) is 12.4. The van der Waals surface area contributed by atoms with Gasteiger partial charge in [-0.05, 0) is 27.7 Å². The SMILES string of the molecule is CCN(C)S(=O)(=O)N1CCN([n+]2noc(N)c2S(=O)(=O)N(C(C)C)C(C)C)CC1. The zero-order valence-corrected chi connectivity index (χ0v) is 19.4. The van der Waals surface area contributed by atoms with Crippen LogP contribution in [0.25, 0.3) is 0 Å². The molecule has 168 valence electrons. The summed E-state index contributed by atoms with van der Waals surface area (Å²) in [4.78, 5) is 1.13. The van der Waals surface area contributed by atoms with Crippen LogP contribution in [0, 0.1) is 0 Å². The lowest BCUT2D eigenvalue weighted by atomic mass is 10.3. The third-order valence-corrected chi connectivity index (χ3v) is 9.11. The van der Waals surface area contributed by atoms with E-state index in [0.717, 1.165) is 4.79 Å². The third kappa shape index (κ3) is 4.50. The fourth-order valence-electron chi connectivity index (χ4n) is 3.38. The van der Waals surface area contributed by atoms with Gasteiger partial charge in [0.25, 0.3) is 10.2 Å². The average molecular weight is 455 g/mol. The van der Waals surface area contributed by atoms with Crippen LogP contribution >= 0.6 is 0 Å². The number of nitrogens with zero attached hydrogens (tertiary/aromatic N) is 6. The van der Waals surface area contributed by atoms with Crippen LogP contribution in [0.3, 0.4) is 0 Å². The van der Waals surface area contributed by atoms with E-state index in [9.17, 15) is 16.8 Å². The smallest absolute Gasteiger partial charge is 0.361 e. The average Bonchev–Trinajstić information content (AvgIpc) is 3.02. The first-order chi connectivity index (χ1) is 13.4. The van der Waals surface area contributed by atoms with Crippen molar-refractivity contribution in [1.29, 1.82) is 0 Å². The van der Waals surface area contributed by atoms with Crippen molar-refractivity contribution in [2.75, 3.05) is 50.5 Å². The first-order valence-electron chi connectivity index (χ1n) is 9.53. The van der Waals surface area contributed by atoms with Gasteiger partial charge in [-0.15, -0.1) is 5.01 Å². The second-order valence-electron chi connectivity index (χ2n) is 7.43. The number of hydrogen-bond acceptors (Lipinski definition) is 8. The zero-order valence-electron chi connectivity index (χ0n) is 17.8. The molecule has 29 heavy (non-hydrogen) atoms. The molecule has 0 atom stereocenters. The van der Waals surface area contributed by atoms with Gasteiger partial charge in [0.1, 0.15) is 0 Å². The van der Waals surface area contributed by atoms with E-state index in [1.807, 2.05) is 0 Å². The summed E-state index contributed by atoms with van der Waals surface area (Å²) in [5, 5.41) is 5.17. The summed E-state index contributed by atoms with van der Waals surface area (Å²) in [5.74, 6) is -0.308. The van der Waals surface area contributed by atoms with Crippen molar-refractivity contribution >= 4 is 26.1 Å². The molecule has 14 heteroatoms. The van der Waals surface area contributed by atoms with E-state index < -0.39 is 20.2 Å². The van der Waals surface area contributed by atoms with Gasteiger partial charge in [0.05, 0.1) is 17.9 Å². The maximum atomic E-state index is 13.3. The molecular formula is C15H32N7O5S2+. The maximum Gasteiger partial charge on any atom is 0.435 e. The molecule has 2 heterocycles. The minimum absolute atomic E-state index is 0.185. The molecule has 0 amide bonds. The topological polar surface area (TPSA) is 137 Å². The van der Waals surface area contributed by atoms with Crippen molar-refractivity contribution < 1.29 is 26.1 Å². The van der Waals surface area contributed by atoms with E-state index >= 15 is 0 Å². The summed E-state index contributed by atoms with van der Waals surface area (Å²) in [6.45, 7) is 10.1. The molecule has 1 saturated heterocycles. The lowest BCUT2D eigenvalue weighted by Gasteiger charge is -2.32. The molecule has 0 saturated carbocycles. The highest BCUT2D eigenvalue weighted by atomic mass is 32.2. The quantitative estimate of drug-likeness (QED) is 0.484. The summed E-state index contributed by atoms with van der Waals surface area (Å²) in [7, 11) is -6.02. The van der Waals surface area contributed by atoms with E-state index in [1.54, 1.807) is 39.6 Å². The van der Waals surface area contributed by atoms with E-state index in [1.165, 1.54) is 20.0 Å². The van der Waals surface area contributed by atoms with Crippen LogP contribution in [0.15, 0.2) is 9.55 Å². The molecule has 2 N–H and O–H groups in total. The minimum Gasteiger partial charge on any atom is -0.361 e. The van der Waals surface area contributed by atoms with Crippen molar-refractivity contribution in [1.82, 2.24) is 18.2 Å². The largest absolute Gasteiger partial charge is 0.435 e. The molecule has 1 aliphatic heterocycles. The zero-order chi connectivity index (χ0) is 22.1. The summed E-state index contributed by atoms with van der Waals surface area (Å²) in [6.07, 6.45) is 0. The molecule has 1 fully saturated rings. The van der Waals surface area contributed by atoms with Crippen molar-refractivity contribution in [3.63, 3.8) is 0 Å². The molecule has 1 aliphatic rings. The van der Waals surface area contributed by atoms with E-state index in [4.69, 9.17) is 10.3 Å². The van der Waals surface area contributed by atoms with Gasteiger partial charge >= 0.3 is 20.9 Å². The predicted octanol–water partition coefficient (Wildman–Crippen LogP) is -1.20. The molecule has 12 nitrogen and oxygen atoms in total. The number of nitrogens with two attached hydrogens (primary N) is 1. The fraction of sp³-hybridized carbons (Fsp3) is 0.867. The van der Waals surface area contributed by atoms with Gasteiger partial charge in [-0.25, -0.2) is 8.42 Å². The van der Waals surface area contributed by atoms with E-state index in [0.29, 0.717) is 6.54 Å². The van der Waals surface area contributed by atoms with E-state index in [2.05, 4.69) is 5.27 Å². The Morgan fingerprint density at radius 2 is 1.62 bits per heavy atom. The highest BCUT2D eigenvalue weighted by molar-refractivity contribution is 7.89. The summed E-state index contributed by atoms with van der Waals surface area (Å²) in [6, 6.07) is -0.594. The second-order valence-corrected chi connectivity index (χ2v) is 11.2. The van der Waals surface area contributed by atoms with Crippen LogP contribution in [-0.2, 0) is 20.2 Å². The normalized spacial score (nSPS) is 17.2. The van der Waals surface area contributed by atoms with Crippen molar-refractivity contribution in [3.05, 3.63) is 0 Å². The molecule has 1 aromatic heterocycles. The molecule has 1 aromatic rings. The van der Waals surface area contributed by atoms with Crippen LogP contribution < -0.4 is 15.5 Å². The Morgan fingerprint density at radius 1 is 1.10 bits per heavy atom. The molecule has 0 aromatic carbocycles. The fourth-order valence-corrected chi connectivity index (χ4v) is 6.68. The molecule has 2 rings (SSSR count). The Labute approximate surface area is 173 Å². The highest BCUT2D eigenvalue weighted by Crippen LogP contribution is 2.23. The van der Waals surface area contributed by atoms with Crippen LogP contribution in [-0.4, -0.2) is 86.9 Å². The van der Waals surface area contributed by atoms with Gasteiger partial charge in [-0.3, -0.25) is 4.52 Å². The number of rotatable bonds is 8. The van der Waals surface area contributed by atoms with Crippen LogP contribution in [0.1, 0.15) is 34.6 Å². The standard InChI is InChI=1S/C15H32N7O5S2/c1-7-18(6)29(25,26)20-10-8-19(9-11-20)22-15(14(16)27-17-22)28(23,24)21(12(2)3)13(4)5/h12-13H,7-11,16H2,1-6H3/q+1. The predicted molar refractivity (Wildman–Crippen MR) is 107 cm³/mol. The Bertz CT molecular complexity index is 897. The highest BCUT2D eigenvalue weighted by Gasteiger charge is 2.46. The molecule has 0 spiro atoms. The first kappa shape index (κ1) is 23.8. The van der Waals surface area contributed by atoms with Crippen molar-refractivity contribution in [2.24, 2.45) is 0 Å². The number of sulfonamides is 1. The molecular weight excluding hydrogens is 422 g/mol. The molecule has 0 aliphatic carbocycles. The Kier molecular flexibility index (Phi) is 7.15. The monoisotopic (exact) mass is 454 g/mol. The van der Waals surface area contributed by atoms with Gasteiger partial charge in [-0.1, -0.05) is 6.92 Å². The van der Waals surface area contributed by atoms with Gasteiger partial charge in [0, 0.05) is 38.8 Å².